The molecule has 1 aromatic heterocycles. The molecule has 2 aromatic carbocycles. The van der Waals surface area contributed by atoms with Crippen molar-refractivity contribution in [2.75, 3.05) is 19.6 Å². The summed E-state index contributed by atoms with van der Waals surface area (Å²) in [7, 11) is 0. The van der Waals surface area contributed by atoms with E-state index in [0.29, 0.717) is 27.6 Å². The first-order chi connectivity index (χ1) is 13.2. The van der Waals surface area contributed by atoms with E-state index >= 15 is 0 Å². The standard InChI is InChI=1S/C22H20ClN3O/c23-18-6-7-21-20(14-18)25-22(27-21)19(15-24)17-9-12-26(13-10-17)11-8-16-4-2-1-3-5-16/h1-7,14H,8-13H2. The second-order valence-corrected chi connectivity index (χ2v) is 7.24. The van der Waals surface area contributed by atoms with E-state index in [2.05, 4.69) is 40.2 Å². The summed E-state index contributed by atoms with van der Waals surface area (Å²) in [5.74, 6) is 0.405. The summed E-state index contributed by atoms with van der Waals surface area (Å²) in [6.45, 7) is 2.96. The molecule has 0 unspecified atom stereocenters. The van der Waals surface area contributed by atoms with Gasteiger partial charge in [0.05, 0.1) is 0 Å². The number of nitriles is 1. The predicted molar refractivity (Wildman–Crippen MR) is 107 cm³/mol. The third-order valence-electron chi connectivity index (χ3n) is 5.05. The quantitative estimate of drug-likeness (QED) is 0.594. The van der Waals surface area contributed by atoms with Gasteiger partial charge in [-0.05, 0) is 48.6 Å². The van der Waals surface area contributed by atoms with Crippen LogP contribution in [0.25, 0.3) is 16.7 Å². The molecule has 2 heterocycles. The molecule has 5 heteroatoms. The molecule has 136 valence electrons. The molecule has 27 heavy (non-hydrogen) atoms. The van der Waals surface area contributed by atoms with Gasteiger partial charge in [-0.15, -0.1) is 0 Å². The lowest BCUT2D eigenvalue weighted by Gasteiger charge is -2.28. The predicted octanol–water partition coefficient (Wildman–Crippen LogP) is 5.10. The molecule has 0 bridgehead atoms. The summed E-state index contributed by atoms with van der Waals surface area (Å²) in [4.78, 5) is 6.93. The van der Waals surface area contributed by atoms with Gasteiger partial charge in [0.1, 0.15) is 17.2 Å². The monoisotopic (exact) mass is 377 g/mol. The Hall–Kier alpha value is -2.61. The molecule has 1 saturated heterocycles. The van der Waals surface area contributed by atoms with Gasteiger partial charge in [0, 0.05) is 24.7 Å². The fourth-order valence-electron chi connectivity index (χ4n) is 3.51. The zero-order chi connectivity index (χ0) is 18.6. The van der Waals surface area contributed by atoms with Crippen molar-refractivity contribution in [3.8, 4) is 6.07 Å². The van der Waals surface area contributed by atoms with Crippen molar-refractivity contribution in [3.05, 3.63) is 70.6 Å². The molecule has 3 aromatic rings. The maximum atomic E-state index is 9.68. The molecule has 4 nitrogen and oxygen atoms in total. The first-order valence-corrected chi connectivity index (χ1v) is 9.55. The highest BCUT2D eigenvalue weighted by Crippen LogP contribution is 2.29. The topological polar surface area (TPSA) is 53.1 Å². The Kier molecular flexibility index (Phi) is 5.24. The fraction of sp³-hybridized carbons (Fsp3) is 0.273. The van der Waals surface area contributed by atoms with Crippen molar-refractivity contribution in [1.82, 2.24) is 9.88 Å². The number of aromatic nitrogens is 1. The lowest BCUT2D eigenvalue weighted by atomic mass is 9.98. The molecule has 0 aliphatic carbocycles. The molecule has 0 atom stereocenters. The van der Waals surface area contributed by atoms with Gasteiger partial charge in [-0.1, -0.05) is 41.9 Å². The van der Waals surface area contributed by atoms with E-state index < -0.39 is 0 Å². The van der Waals surface area contributed by atoms with Crippen LogP contribution in [0.4, 0.5) is 0 Å². The van der Waals surface area contributed by atoms with Crippen LogP contribution in [0.3, 0.4) is 0 Å². The van der Waals surface area contributed by atoms with Gasteiger partial charge in [0.25, 0.3) is 0 Å². The molecule has 0 N–H and O–H groups in total. The maximum Gasteiger partial charge on any atom is 0.238 e. The number of likely N-dealkylation sites (tertiary alicyclic amines) is 1. The van der Waals surface area contributed by atoms with Gasteiger partial charge in [0.15, 0.2) is 5.58 Å². The van der Waals surface area contributed by atoms with E-state index in [1.807, 2.05) is 6.07 Å². The van der Waals surface area contributed by atoms with Crippen LogP contribution in [-0.4, -0.2) is 29.5 Å². The van der Waals surface area contributed by atoms with Crippen molar-refractivity contribution in [3.63, 3.8) is 0 Å². The summed E-state index contributed by atoms with van der Waals surface area (Å²) in [6.07, 6.45) is 2.80. The molecular weight excluding hydrogens is 358 g/mol. The van der Waals surface area contributed by atoms with Crippen molar-refractivity contribution < 1.29 is 4.42 Å². The first-order valence-electron chi connectivity index (χ1n) is 9.18. The number of fused-ring (bicyclic) bond motifs is 1. The van der Waals surface area contributed by atoms with Gasteiger partial charge >= 0.3 is 0 Å². The number of hydrogen-bond acceptors (Lipinski definition) is 4. The molecule has 0 saturated carbocycles. The van der Waals surface area contributed by atoms with Crippen molar-refractivity contribution in [2.45, 2.75) is 19.3 Å². The molecule has 1 fully saturated rings. The van der Waals surface area contributed by atoms with Gasteiger partial charge in [-0.3, -0.25) is 0 Å². The van der Waals surface area contributed by atoms with Crippen LogP contribution in [0.15, 0.2) is 58.5 Å². The summed E-state index contributed by atoms with van der Waals surface area (Å²) >= 11 is 6.02. The average Bonchev–Trinajstić information content (AvgIpc) is 3.11. The van der Waals surface area contributed by atoms with Crippen LogP contribution >= 0.6 is 11.6 Å². The Morgan fingerprint density at radius 3 is 2.67 bits per heavy atom. The Balaban J connectivity index is 1.45. The third-order valence-corrected chi connectivity index (χ3v) is 5.28. The summed E-state index contributed by atoms with van der Waals surface area (Å²) in [6, 6.07) is 18.2. The number of allylic oxidation sites excluding steroid dienone is 1. The van der Waals surface area contributed by atoms with Crippen LogP contribution in [0.5, 0.6) is 0 Å². The number of nitrogens with zero attached hydrogens (tertiary/aromatic N) is 3. The Bertz CT molecular complexity index is 1010. The minimum absolute atomic E-state index is 0.405. The van der Waals surface area contributed by atoms with Crippen molar-refractivity contribution >= 4 is 28.3 Å². The Morgan fingerprint density at radius 1 is 1.15 bits per heavy atom. The maximum absolute atomic E-state index is 9.68. The largest absolute Gasteiger partial charge is 0.435 e. The second-order valence-electron chi connectivity index (χ2n) is 6.80. The third kappa shape index (κ3) is 4.05. The molecule has 0 amide bonds. The van der Waals surface area contributed by atoms with Crippen LogP contribution in [0.2, 0.25) is 5.02 Å². The molecular formula is C22H20ClN3O. The van der Waals surface area contributed by atoms with Crippen molar-refractivity contribution in [2.24, 2.45) is 0 Å². The van der Waals surface area contributed by atoms with E-state index in [9.17, 15) is 5.26 Å². The zero-order valence-electron chi connectivity index (χ0n) is 15.0. The minimum Gasteiger partial charge on any atom is -0.435 e. The fourth-order valence-corrected chi connectivity index (χ4v) is 3.68. The van der Waals surface area contributed by atoms with E-state index in [4.69, 9.17) is 16.0 Å². The lowest BCUT2D eigenvalue weighted by molar-refractivity contribution is 0.260. The number of rotatable bonds is 4. The van der Waals surface area contributed by atoms with E-state index in [1.54, 1.807) is 18.2 Å². The van der Waals surface area contributed by atoms with Gasteiger partial charge < -0.3 is 9.32 Å². The van der Waals surface area contributed by atoms with E-state index in [1.165, 1.54) is 5.56 Å². The van der Waals surface area contributed by atoms with E-state index in [-0.39, 0.29) is 0 Å². The highest BCUT2D eigenvalue weighted by molar-refractivity contribution is 6.31. The second kappa shape index (κ2) is 7.96. The van der Waals surface area contributed by atoms with Gasteiger partial charge in [0.2, 0.25) is 5.89 Å². The molecule has 4 rings (SSSR count). The molecule has 1 aliphatic heterocycles. The first kappa shape index (κ1) is 17.8. The highest BCUT2D eigenvalue weighted by Gasteiger charge is 2.21. The number of halogens is 1. The number of hydrogen-bond donors (Lipinski definition) is 0. The lowest BCUT2D eigenvalue weighted by Crippen LogP contribution is -2.32. The number of oxazole rings is 1. The number of piperidine rings is 1. The SMILES string of the molecule is N#CC(=C1CCN(CCc2ccccc2)CC1)c1nc2cc(Cl)ccc2o1. The van der Waals surface area contributed by atoms with Crippen LogP contribution in [0, 0.1) is 11.3 Å². The Labute approximate surface area is 163 Å². The summed E-state index contributed by atoms with van der Waals surface area (Å²) in [5.41, 5.74) is 4.41. The summed E-state index contributed by atoms with van der Waals surface area (Å²) in [5, 5.41) is 10.3. The highest BCUT2D eigenvalue weighted by atomic mass is 35.5. The zero-order valence-corrected chi connectivity index (χ0v) is 15.7. The smallest absolute Gasteiger partial charge is 0.238 e. The number of benzene rings is 2. The van der Waals surface area contributed by atoms with Gasteiger partial charge in [-0.25, -0.2) is 4.98 Å². The van der Waals surface area contributed by atoms with E-state index in [0.717, 1.165) is 44.5 Å². The normalized spacial score (nSPS) is 15.0. The van der Waals surface area contributed by atoms with Crippen LogP contribution in [-0.2, 0) is 6.42 Å². The van der Waals surface area contributed by atoms with Gasteiger partial charge in [-0.2, -0.15) is 5.26 Å². The molecule has 0 spiro atoms. The average molecular weight is 378 g/mol. The molecule has 1 aliphatic rings. The Morgan fingerprint density at radius 2 is 1.93 bits per heavy atom. The minimum atomic E-state index is 0.405. The van der Waals surface area contributed by atoms with Crippen molar-refractivity contribution in [1.29, 1.82) is 5.26 Å². The summed E-state index contributed by atoms with van der Waals surface area (Å²) < 4.78 is 5.80. The van der Waals surface area contributed by atoms with Crippen LogP contribution in [0.1, 0.15) is 24.3 Å². The molecule has 0 radical (unpaired) electrons. The van der Waals surface area contributed by atoms with Crippen LogP contribution < -0.4 is 0 Å².